The molecular weight excluding hydrogens is 411 g/mol. The van der Waals surface area contributed by atoms with Crippen LogP contribution in [0.4, 0.5) is 0 Å². The highest BCUT2D eigenvalue weighted by Crippen LogP contribution is 2.12. The lowest BCUT2D eigenvalue weighted by Gasteiger charge is -2.25. The summed E-state index contributed by atoms with van der Waals surface area (Å²) in [5.74, 6) is 2.17. The number of halogens is 1. The van der Waals surface area contributed by atoms with Gasteiger partial charge in [0.05, 0.1) is 5.75 Å². The molecule has 0 aliphatic carbocycles. The van der Waals surface area contributed by atoms with E-state index in [-0.39, 0.29) is 29.7 Å². The Morgan fingerprint density at radius 2 is 2.05 bits per heavy atom. The van der Waals surface area contributed by atoms with Crippen molar-refractivity contribution in [1.82, 2.24) is 9.62 Å². The molecular formula is C11H25IN4O2S2. The molecule has 0 aromatic carbocycles. The number of rotatable bonds is 7. The highest BCUT2D eigenvalue weighted by molar-refractivity contribution is 14.0. The second kappa shape index (κ2) is 10.9. The van der Waals surface area contributed by atoms with Crippen molar-refractivity contribution in [3.63, 3.8) is 0 Å². The van der Waals surface area contributed by atoms with E-state index in [0.717, 1.165) is 24.3 Å². The molecule has 0 unspecified atom stereocenters. The Kier molecular flexibility index (Phi) is 11.1. The number of unbranched alkanes of at least 4 members (excludes halogenated alkanes) is 1. The fraction of sp³-hybridized carbons (Fsp3) is 0.909. The van der Waals surface area contributed by atoms with Gasteiger partial charge in [0.25, 0.3) is 0 Å². The molecule has 120 valence electrons. The van der Waals surface area contributed by atoms with Gasteiger partial charge in [-0.3, -0.25) is 4.99 Å². The Hall–Kier alpha value is 0.260. The van der Waals surface area contributed by atoms with Crippen LogP contribution in [-0.4, -0.2) is 62.1 Å². The lowest BCUT2D eigenvalue weighted by molar-refractivity contribution is 0.443. The van der Waals surface area contributed by atoms with Gasteiger partial charge in [0.2, 0.25) is 10.0 Å². The van der Waals surface area contributed by atoms with Crippen molar-refractivity contribution in [2.45, 2.75) is 19.8 Å². The van der Waals surface area contributed by atoms with Gasteiger partial charge in [-0.05, 0) is 6.42 Å². The van der Waals surface area contributed by atoms with Gasteiger partial charge >= 0.3 is 0 Å². The summed E-state index contributed by atoms with van der Waals surface area (Å²) < 4.78 is 25.6. The topological polar surface area (TPSA) is 87.8 Å². The first kappa shape index (κ1) is 20.3. The molecule has 0 spiro atoms. The summed E-state index contributed by atoms with van der Waals surface area (Å²) in [4.78, 5) is 4.12. The molecule has 6 nitrogen and oxygen atoms in total. The predicted octanol–water partition coefficient (Wildman–Crippen LogP) is 0.687. The zero-order chi connectivity index (χ0) is 14.1. The minimum Gasteiger partial charge on any atom is -0.370 e. The van der Waals surface area contributed by atoms with Crippen molar-refractivity contribution < 1.29 is 8.42 Å². The van der Waals surface area contributed by atoms with E-state index >= 15 is 0 Å². The Morgan fingerprint density at radius 3 is 2.65 bits per heavy atom. The summed E-state index contributed by atoms with van der Waals surface area (Å²) in [7, 11) is -3.16. The summed E-state index contributed by atoms with van der Waals surface area (Å²) in [5.41, 5.74) is 5.65. The maximum absolute atomic E-state index is 12.0. The molecule has 0 saturated carbocycles. The molecule has 1 saturated heterocycles. The van der Waals surface area contributed by atoms with Crippen LogP contribution in [0, 0.1) is 0 Å². The third-order valence-electron chi connectivity index (χ3n) is 2.82. The largest absolute Gasteiger partial charge is 0.370 e. The lowest BCUT2D eigenvalue weighted by atomic mass is 10.3. The van der Waals surface area contributed by atoms with Gasteiger partial charge in [-0.2, -0.15) is 11.8 Å². The van der Waals surface area contributed by atoms with Gasteiger partial charge in [-0.25, -0.2) is 12.7 Å². The Morgan fingerprint density at radius 1 is 1.40 bits per heavy atom. The molecule has 0 aromatic heterocycles. The van der Waals surface area contributed by atoms with Crippen LogP contribution in [0.5, 0.6) is 0 Å². The van der Waals surface area contributed by atoms with Crippen LogP contribution in [0.1, 0.15) is 19.8 Å². The van der Waals surface area contributed by atoms with E-state index in [1.807, 2.05) is 0 Å². The summed E-state index contributed by atoms with van der Waals surface area (Å²) in [6.07, 6.45) is 2.06. The van der Waals surface area contributed by atoms with E-state index in [9.17, 15) is 8.42 Å². The molecule has 3 N–H and O–H groups in total. The monoisotopic (exact) mass is 436 g/mol. The zero-order valence-electron chi connectivity index (χ0n) is 11.9. The number of hydrogen-bond acceptors (Lipinski definition) is 4. The second-order valence-corrected chi connectivity index (χ2v) is 7.69. The van der Waals surface area contributed by atoms with Crippen molar-refractivity contribution in [1.29, 1.82) is 0 Å². The molecule has 20 heavy (non-hydrogen) atoms. The van der Waals surface area contributed by atoms with Crippen LogP contribution in [0.2, 0.25) is 0 Å². The van der Waals surface area contributed by atoms with Crippen LogP contribution in [0.25, 0.3) is 0 Å². The van der Waals surface area contributed by atoms with Gasteiger partial charge < -0.3 is 11.1 Å². The van der Waals surface area contributed by atoms with Gasteiger partial charge in [-0.1, -0.05) is 13.3 Å². The molecule has 0 amide bonds. The van der Waals surface area contributed by atoms with Crippen molar-refractivity contribution >= 4 is 51.7 Å². The van der Waals surface area contributed by atoms with E-state index in [1.54, 1.807) is 16.1 Å². The molecule has 0 atom stereocenters. The van der Waals surface area contributed by atoms with E-state index in [4.69, 9.17) is 5.73 Å². The summed E-state index contributed by atoms with van der Waals surface area (Å²) in [6.45, 7) is 4.32. The van der Waals surface area contributed by atoms with Crippen molar-refractivity contribution in [3.8, 4) is 0 Å². The van der Waals surface area contributed by atoms with E-state index in [2.05, 4.69) is 17.2 Å². The van der Waals surface area contributed by atoms with Gasteiger partial charge in [0.15, 0.2) is 5.96 Å². The predicted molar refractivity (Wildman–Crippen MR) is 97.5 cm³/mol. The van der Waals surface area contributed by atoms with Crippen molar-refractivity contribution in [2.75, 3.05) is 43.4 Å². The third-order valence-corrected chi connectivity index (χ3v) is 5.64. The fourth-order valence-electron chi connectivity index (χ4n) is 1.68. The number of guanidine groups is 1. The quantitative estimate of drug-likeness (QED) is 0.265. The maximum atomic E-state index is 12.0. The molecule has 0 radical (unpaired) electrons. The highest BCUT2D eigenvalue weighted by atomic mass is 127. The maximum Gasteiger partial charge on any atom is 0.215 e. The first-order valence-electron chi connectivity index (χ1n) is 6.65. The highest BCUT2D eigenvalue weighted by Gasteiger charge is 2.23. The number of aliphatic imine (C=N–C) groups is 1. The smallest absolute Gasteiger partial charge is 0.215 e. The number of nitrogens with two attached hydrogens (primary N) is 1. The number of hydrogen-bond donors (Lipinski definition) is 2. The number of nitrogens with zero attached hydrogens (tertiary/aromatic N) is 2. The van der Waals surface area contributed by atoms with E-state index in [1.165, 1.54) is 0 Å². The molecule has 1 aliphatic heterocycles. The Labute approximate surface area is 143 Å². The van der Waals surface area contributed by atoms with Crippen LogP contribution in [0.15, 0.2) is 4.99 Å². The number of nitrogens with one attached hydrogen (secondary N) is 1. The van der Waals surface area contributed by atoms with Crippen LogP contribution in [0.3, 0.4) is 0 Å². The molecule has 1 fully saturated rings. The molecule has 1 aliphatic rings. The standard InChI is InChI=1S/C11H24N4O2S2.HI/c1-2-3-4-13-11(12)14-5-10-19(16,17)15-6-8-18-9-7-15;/h2-10H2,1H3,(H3,12,13,14);1H. The number of sulfonamides is 1. The first-order chi connectivity index (χ1) is 9.06. The molecule has 9 heteroatoms. The van der Waals surface area contributed by atoms with Crippen molar-refractivity contribution in [3.05, 3.63) is 0 Å². The van der Waals surface area contributed by atoms with E-state index < -0.39 is 10.0 Å². The van der Waals surface area contributed by atoms with Crippen LogP contribution >= 0.6 is 35.7 Å². The van der Waals surface area contributed by atoms with Gasteiger partial charge in [0, 0.05) is 37.7 Å². The summed E-state index contributed by atoms with van der Waals surface area (Å²) in [6, 6.07) is 0. The zero-order valence-corrected chi connectivity index (χ0v) is 15.8. The lowest BCUT2D eigenvalue weighted by Crippen LogP contribution is -2.43. The normalized spacial score (nSPS) is 17.6. The Balaban J connectivity index is 0.00000361. The van der Waals surface area contributed by atoms with Crippen LogP contribution in [-0.2, 0) is 10.0 Å². The summed E-state index contributed by atoms with van der Waals surface area (Å²) in [5, 5.41) is 2.85. The third kappa shape index (κ3) is 7.89. The molecule has 0 bridgehead atoms. The minimum absolute atomic E-state index is 0. The SMILES string of the molecule is CCCCN=C(N)NCCS(=O)(=O)N1CCSCC1.I. The van der Waals surface area contributed by atoms with Crippen LogP contribution < -0.4 is 11.1 Å². The number of thioether (sulfide) groups is 1. The van der Waals surface area contributed by atoms with Crippen molar-refractivity contribution in [2.24, 2.45) is 10.7 Å². The minimum atomic E-state index is -3.16. The van der Waals surface area contributed by atoms with Gasteiger partial charge in [0.1, 0.15) is 0 Å². The fourth-order valence-corrected chi connectivity index (χ4v) is 4.17. The molecule has 0 aromatic rings. The Bertz CT molecular complexity index is 384. The molecule has 1 rings (SSSR count). The first-order valence-corrected chi connectivity index (χ1v) is 9.42. The molecule has 1 heterocycles. The van der Waals surface area contributed by atoms with E-state index in [0.29, 0.717) is 32.1 Å². The average molecular weight is 436 g/mol. The summed E-state index contributed by atoms with van der Waals surface area (Å²) >= 11 is 1.79. The average Bonchev–Trinajstić information content (AvgIpc) is 2.40. The van der Waals surface area contributed by atoms with Gasteiger partial charge in [-0.15, -0.1) is 24.0 Å². The second-order valence-electron chi connectivity index (χ2n) is 4.37.